The molecule has 0 aliphatic carbocycles. The van der Waals surface area contributed by atoms with Crippen LogP contribution >= 0.6 is 0 Å². The number of halogens is 1. The van der Waals surface area contributed by atoms with Crippen molar-refractivity contribution in [1.29, 1.82) is 0 Å². The van der Waals surface area contributed by atoms with Crippen LogP contribution in [0.15, 0.2) is 48.5 Å². The average molecular weight is 464 g/mol. The van der Waals surface area contributed by atoms with E-state index in [-0.39, 0.29) is 12.5 Å². The summed E-state index contributed by atoms with van der Waals surface area (Å²) in [5, 5.41) is 2.56. The quantitative estimate of drug-likeness (QED) is 0.587. The van der Waals surface area contributed by atoms with Gasteiger partial charge in [-0.1, -0.05) is 44.2 Å². The molecule has 2 rings (SSSR count). The van der Waals surface area contributed by atoms with Gasteiger partial charge >= 0.3 is 0 Å². The highest BCUT2D eigenvalue weighted by molar-refractivity contribution is 7.92. The van der Waals surface area contributed by atoms with Crippen LogP contribution in [0.3, 0.4) is 0 Å². The molecule has 2 amide bonds. The predicted octanol–water partition coefficient (Wildman–Crippen LogP) is 2.71. The van der Waals surface area contributed by atoms with Crippen molar-refractivity contribution in [2.75, 3.05) is 24.2 Å². The lowest BCUT2D eigenvalue weighted by Crippen LogP contribution is -2.51. The molecule has 1 atom stereocenters. The van der Waals surface area contributed by atoms with Gasteiger partial charge in [0.05, 0.1) is 11.9 Å². The summed E-state index contributed by atoms with van der Waals surface area (Å²) in [7, 11) is -2.30. The van der Waals surface area contributed by atoms with E-state index in [1.165, 1.54) is 36.2 Å². The van der Waals surface area contributed by atoms with E-state index in [1.54, 1.807) is 19.1 Å². The number of anilines is 1. The summed E-state index contributed by atoms with van der Waals surface area (Å²) in [5.41, 5.74) is 1.84. The first-order valence-electron chi connectivity index (χ1n) is 10.4. The molecule has 2 aromatic rings. The smallest absolute Gasteiger partial charge is 0.244 e. The molecule has 174 valence electrons. The molecule has 0 saturated heterocycles. The molecule has 0 aromatic heterocycles. The van der Waals surface area contributed by atoms with Crippen molar-refractivity contribution in [1.82, 2.24) is 10.2 Å². The molecule has 0 saturated carbocycles. The summed E-state index contributed by atoms with van der Waals surface area (Å²) in [6, 6.07) is 11.8. The Bertz CT molecular complexity index is 1040. The zero-order chi connectivity index (χ0) is 23.9. The summed E-state index contributed by atoms with van der Waals surface area (Å²) >= 11 is 0. The minimum absolute atomic E-state index is 0.0397. The highest BCUT2D eigenvalue weighted by Crippen LogP contribution is 2.24. The number of likely N-dealkylation sites (N-methyl/N-ethyl adjacent to an activating group) is 1. The lowest BCUT2D eigenvalue weighted by atomic mass is 10.1. The number of para-hydroxylation sites is 1. The predicted molar refractivity (Wildman–Crippen MR) is 123 cm³/mol. The summed E-state index contributed by atoms with van der Waals surface area (Å²) in [6.07, 6.45) is 1.97. The Morgan fingerprint density at radius 3 is 2.22 bits per heavy atom. The zero-order valence-corrected chi connectivity index (χ0v) is 19.7. The molecule has 1 N–H and O–H groups in total. The van der Waals surface area contributed by atoms with Crippen LogP contribution in [0.1, 0.15) is 31.4 Å². The molecular weight excluding hydrogens is 433 g/mol. The average Bonchev–Trinajstić information content (AvgIpc) is 2.77. The first-order valence-corrected chi connectivity index (χ1v) is 12.3. The van der Waals surface area contributed by atoms with E-state index in [9.17, 15) is 22.4 Å². The molecule has 0 heterocycles. The van der Waals surface area contributed by atoms with Crippen molar-refractivity contribution in [2.24, 2.45) is 0 Å². The van der Waals surface area contributed by atoms with Gasteiger partial charge in [-0.2, -0.15) is 0 Å². The highest BCUT2D eigenvalue weighted by Gasteiger charge is 2.31. The van der Waals surface area contributed by atoms with Crippen LogP contribution in [0.4, 0.5) is 10.1 Å². The van der Waals surface area contributed by atoms with Crippen LogP contribution in [0.2, 0.25) is 0 Å². The third-order valence-electron chi connectivity index (χ3n) is 5.22. The minimum atomic E-state index is -3.78. The van der Waals surface area contributed by atoms with Crippen LogP contribution in [-0.2, 0) is 32.6 Å². The molecule has 0 fully saturated rings. The third-order valence-corrected chi connectivity index (χ3v) is 6.35. The number of benzene rings is 2. The Morgan fingerprint density at radius 2 is 1.69 bits per heavy atom. The Kier molecular flexibility index (Phi) is 8.77. The van der Waals surface area contributed by atoms with Gasteiger partial charge in [-0.25, -0.2) is 12.8 Å². The van der Waals surface area contributed by atoms with Crippen molar-refractivity contribution in [3.8, 4) is 0 Å². The maximum atomic E-state index is 13.4. The molecule has 7 nitrogen and oxygen atoms in total. The number of nitrogens with zero attached hydrogens (tertiary/aromatic N) is 2. The first kappa shape index (κ1) is 25.3. The van der Waals surface area contributed by atoms with E-state index in [2.05, 4.69) is 5.32 Å². The van der Waals surface area contributed by atoms with E-state index in [4.69, 9.17) is 0 Å². The molecular formula is C23H30FN3O4S. The number of hydrogen-bond donors (Lipinski definition) is 1. The van der Waals surface area contributed by atoms with Crippen LogP contribution in [0.25, 0.3) is 0 Å². The monoisotopic (exact) mass is 463 g/mol. The van der Waals surface area contributed by atoms with Gasteiger partial charge < -0.3 is 10.2 Å². The van der Waals surface area contributed by atoms with Gasteiger partial charge in [0.15, 0.2) is 0 Å². The van der Waals surface area contributed by atoms with Gasteiger partial charge in [0.25, 0.3) is 0 Å². The standard InChI is InChI=1S/C23H30FN3O4S/c1-5-18-9-7-8-10-21(18)27(32(4,30)31)16-22(28)26(20(6-2)23(29)25-3)15-17-11-13-19(24)14-12-17/h7-14,20H,5-6,15-16H2,1-4H3,(H,25,29). The number of carbonyl (C=O) groups is 2. The van der Waals surface area contributed by atoms with Gasteiger partial charge in [-0.3, -0.25) is 13.9 Å². The Morgan fingerprint density at radius 1 is 1.06 bits per heavy atom. The van der Waals surface area contributed by atoms with Gasteiger partial charge in [0, 0.05) is 13.6 Å². The topological polar surface area (TPSA) is 86.8 Å². The van der Waals surface area contributed by atoms with Gasteiger partial charge in [0.2, 0.25) is 21.8 Å². The van der Waals surface area contributed by atoms with Crippen molar-refractivity contribution in [3.05, 3.63) is 65.5 Å². The number of hydrogen-bond acceptors (Lipinski definition) is 4. The molecule has 1 unspecified atom stereocenters. The van der Waals surface area contributed by atoms with Crippen LogP contribution in [0, 0.1) is 5.82 Å². The second kappa shape index (κ2) is 11.1. The summed E-state index contributed by atoms with van der Waals surface area (Å²) in [5.74, 6) is -1.30. The second-order valence-corrected chi connectivity index (χ2v) is 9.35. The molecule has 2 aromatic carbocycles. The highest BCUT2D eigenvalue weighted by atomic mass is 32.2. The number of aryl methyl sites for hydroxylation is 1. The van der Waals surface area contributed by atoms with Crippen LogP contribution < -0.4 is 9.62 Å². The Balaban J connectivity index is 2.45. The fraction of sp³-hybridized carbons (Fsp3) is 0.391. The second-order valence-electron chi connectivity index (χ2n) is 7.44. The maximum Gasteiger partial charge on any atom is 0.244 e. The summed E-state index contributed by atoms with van der Waals surface area (Å²) < 4.78 is 39.6. The van der Waals surface area contributed by atoms with Gasteiger partial charge in [-0.05, 0) is 42.2 Å². The molecule has 9 heteroatoms. The molecule has 0 bridgehead atoms. The van der Waals surface area contributed by atoms with Crippen molar-refractivity contribution in [2.45, 2.75) is 39.3 Å². The van der Waals surface area contributed by atoms with E-state index in [1.807, 2.05) is 19.1 Å². The van der Waals surface area contributed by atoms with E-state index < -0.39 is 34.3 Å². The van der Waals surface area contributed by atoms with Crippen molar-refractivity contribution >= 4 is 27.5 Å². The minimum Gasteiger partial charge on any atom is -0.357 e. The lowest BCUT2D eigenvalue weighted by Gasteiger charge is -2.33. The van der Waals surface area contributed by atoms with E-state index in [0.717, 1.165) is 16.1 Å². The number of carbonyl (C=O) groups excluding carboxylic acids is 2. The normalized spacial score (nSPS) is 12.2. The number of rotatable bonds is 10. The fourth-order valence-corrected chi connectivity index (χ4v) is 4.40. The zero-order valence-electron chi connectivity index (χ0n) is 18.8. The Hall–Kier alpha value is -2.94. The largest absolute Gasteiger partial charge is 0.357 e. The molecule has 0 radical (unpaired) electrons. The fourth-order valence-electron chi connectivity index (χ4n) is 3.52. The lowest BCUT2D eigenvalue weighted by molar-refractivity contribution is -0.140. The van der Waals surface area contributed by atoms with Crippen LogP contribution in [0.5, 0.6) is 0 Å². The molecule has 0 aliphatic rings. The molecule has 0 spiro atoms. The Labute approximate surface area is 189 Å². The molecule has 0 aliphatic heterocycles. The molecule has 32 heavy (non-hydrogen) atoms. The van der Waals surface area contributed by atoms with Crippen LogP contribution in [-0.4, -0.2) is 51.0 Å². The van der Waals surface area contributed by atoms with E-state index in [0.29, 0.717) is 24.1 Å². The number of amides is 2. The third kappa shape index (κ3) is 6.29. The number of nitrogens with one attached hydrogen (secondary N) is 1. The first-order chi connectivity index (χ1) is 15.1. The maximum absolute atomic E-state index is 13.4. The van der Waals surface area contributed by atoms with Crippen molar-refractivity contribution < 1.29 is 22.4 Å². The van der Waals surface area contributed by atoms with Gasteiger partial charge in [-0.15, -0.1) is 0 Å². The van der Waals surface area contributed by atoms with E-state index >= 15 is 0 Å². The van der Waals surface area contributed by atoms with Gasteiger partial charge in [0.1, 0.15) is 18.4 Å². The SMILES string of the molecule is CCc1ccccc1N(CC(=O)N(Cc1ccc(F)cc1)C(CC)C(=O)NC)S(C)(=O)=O. The number of sulfonamides is 1. The summed E-state index contributed by atoms with van der Waals surface area (Å²) in [6.45, 7) is 3.26. The van der Waals surface area contributed by atoms with Crippen molar-refractivity contribution in [3.63, 3.8) is 0 Å². The summed E-state index contributed by atoms with van der Waals surface area (Å²) in [4.78, 5) is 27.3.